The number of nitrogens with two attached hydrogens (primary N) is 1. The van der Waals surface area contributed by atoms with Gasteiger partial charge in [-0.3, -0.25) is 0 Å². The van der Waals surface area contributed by atoms with Crippen LogP contribution in [0.4, 0.5) is 11.5 Å². The summed E-state index contributed by atoms with van der Waals surface area (Å²) in [6.45, 7) is 6.77. The fourth-order valence-corrected chi connectivity index (χ4v) is 1.92. The van der Waals surface area contributed by atoms with Crippen LogP contribution in [0.5, 0.6) is 0 Å². The molecular weight excluding hydrogens is 174 g/mol. The zero-order chi connectivity index (χ0) is 10.1. The van der Waals surface area contributed by atoms with Gasteiger partial charge in [0.1, 0.15) is 5.82 Å². The molecule has 2 rings (SSSR count). The van der Waals surface area contributed by atoms with Crippen LogP contribution < -0.4 is 10.6 Å². The normalized spacial score (nSPS) is 26.9. The molecule has 1 saturated heterocycles. The van der Waals surface area contributed by atoms with E-state index in [0.29, 0.717) is 0 Å². The summed E-state index contributed by atoms with van der Waals surface area (Å²) in [5, 5.41) is 0. The molecule has 0 amide bonds. The van der Waals surface area contributed by atoms with E-state index in [-0.39, 0.29) is 0 Å². The van der Waals surface area contributed by atoms with Crippen LogP contribution in [0, 0.1) is 11.8 Å². The Morgan fingerprint density at radius 2 is 2.00 bits per heavy atom. The van der Waals surface area contributed by atoms with Gasteiger partial charge in [0.2, 0.25) is 0 Å². The second kappa shape index (κ2) is 3.48. The standard InChI is InChI=1S/C11H17N3/c1-8-6-14(7-9(8)2)11-5-10(12)3-4-13-11/h3-5,8-9H,6-7H2,1-2H3,(H2,12,13). The summed E-state index contributed by atoms with van der Waals surface area (Å²) in [5.74, 6) is 2.51. The Morgan fingerprint density at radius 1 is 1.36 bits per heavy atom. The highest BCUT2D eigenvalue weighted by Gasteiger charge is 2.26. The Hall–Kier alpha value is -1.25. The van der Waals surface area contributed by atoms with Crippen molar-refractivity contribution in [3.8, 4) is 0 Å². The lowest BCUT2D eigenvalue weighted by Crippen LogP contribution is -2.20. The summed E-state index contributed by atoms with van der Waals surface area (Å²) in [6, 6.07) is 3.77. The van der Waals surface area contributed by atoms with E-state index in [9.17, 15) is 0 Å². The fourth-order valence-electron chi connectivity index (χ4n) is 1.92. The van der Waals surface area contributed by atoms with Crippen LogP contribution >= 0.6 is 0 Å². The monoisotopic (exact) mass is 191 g/mol. The number of hydrogen-bond donors (Lipinski definition) is 1. The first-order valence-corrected chi connectivity index (χ1v) is 5.13. The highest BCUT2D eigenvalue weighted by Crippen LogP contribution is 2.26. The van der Waals surface area contributed by atoms with Gasteiger partial charge in [-0.1, -0.05) is 13.8 Å². The van der Waals surface area contributed by atoms with Gasteiger partial charge in [-0.05, 0) is 17.9 Å². The van der Waals surface area contributed by atoms with Crippen molar-refractivity contribution in [2.24, 2.45) is 11.8 Å². The lowest BCUT2D eigenvalue weighted by atomic mass is 10.0. The summed E-state index contributed by atoms with van der Waals surface area (Å²) in [4.78, 5) is 6.65. The number of rotatable bonds is 1. The number of pyridine rings is 1. The molecule has 3 heteroatoms. The molecule has 2 atom stereocenters. The average molecular weight is 191 g/mol. The minimum absolute atomic E-state index is 0.748. The number of nitrogen functional groups attached to an aromatic ring is 1. The van der Waals surface area contributed by atoms with Gasteiger partial charge < -0.3 is 10.6 Å². The topological polar surface area (TPSA) is 42.1 Å². The second-order valence-electron chi connectivity index (χ2n) is 4.31. The molecule has 2 heterocycles. The van der Waals surface area contributed by atoms with E-state index in [4.69, 9.17) is 5.73 Å². The first-order chi connectivity index (χ1) is 6.66. The first-order valence-electron chi connectivity index (χ1n) is 5.13. The predicted molar refractivity (Wildman–Crippen MR) is 59.2 cm³/mol. The van der Waals surface area contributed by atoms with Gasteiger partial charge in [0.15, 0.2) is 0 Å². The van der Waals surface area contributed by atoms with Crippen molar-refractivity contribution in [3.05, 3.63) is 18.3 Å². The molecule has 76 valence electrons. The van der Waals surface area contributed by atoms with E-state index in [0.717, 1.165) is 36.4 Å². The molecule has 1 aromatic heterocycles. The fraction of sp³-hybridized carbons (Fsp3) is 0.545. The van der Waals surface area contributed by atoms with Gasteiger partial charge in [0.25, 0.3) is 0 Å². The van der Waals surface area contributed by atoms with Crippen molar-refractivity contribution in [2.75, 3.05) is 23.7 Å². The highest BCUT2D eigenvalue weighted by atomic mass is 15.2. The van der Waals surface area contributed by atoms with E-state index in [1.165, 1.54) is 0 Å². The van der Waals surface area contributed by atoms with E-state index in [1.54, 1.807) is 6.20 Å². The quantitative estimate of drug-likeness (QED) is 0.735. The van der Waals surface area contributed by atoms with Crippen molar-refractivity contribution < 1.29 is 0 Å². The van der Waals surface area contributed by atoms with E-state index in [2.05, 4.69) is 23.7 Å². The Labute approximate surface area is 84.9 Å². The second-order valence-corrected chi connectivity index (χ2v) is 4.31. The molecule has 1 aliphatic rings. The molecule has 1 aliphatic heterocycles. The van der Waals surface area contributed by atoms with Crippen LogP contribution in [0.2, 0.25) is 0 Å². The van der Waals surface area contributed by atoms with E-state index in [1.807, 2.05) is 12.1 Å². The van der Waals surface area contributed by atoms with Crippen LogP contribution in [0.3, 0.4) is 0 Å². The molecule has 0 aliphatic carbocycles. The minimum atomic E-state index is 0.748. The molecule has 0 spiro atoms. The molecule has 0 bridgehead atoms. The Bertz CT molecular complexity index is 314. The third-order valence-corrected chi connectivity index (χ3v) is 3.08. The van der Waals surface area contributed by atoms with Crippen molar-refractivity contribution in [2.45, 2.75) is 13.8 Å². The smallest absolute Gasteiger partial charge is 0.130 e. The molecule has 0 aromatic carbocycles. The maximum atomic E-state index is 5.73. The molecule has 1 fully saturated rings. The van der Waals surface area contributed by atoms with Gasteiger partial charge in [0, 0.05) is 31.0 Å². The summed E-state index contributed by atoms with van der Waals surface area (Å²) >= 11 is 0. The van der Waals surface area contributed by atoms with E-state index < -0.39 is 0 Å². The van der Waals surface area contributed by atoms with Crippen molar-refractivity contribution in [3.63, 3.8) is 0 Å². The lowest BCUT2D eigenvalue weighted by Gasteiger charge is -2.16. The zero-order valence-electron chi connectivity index (χ0n) is 8.77. The molecule has 0 saturated carbocycles. The third-order valence-electron chi connectivity index (χ3n) is 3.08. The maximum absolute atomic E-state index is 5.73. The zero-order valence-corrected chi connectivity index (χ0v) is 8.77. The highest BCUT2D eigenvalue weighted by molar-refractivity contribution is 5.50. The molecule has 2 N–H and O–H groups in total. The third kappa shape index (κ3) is 1.67. The van der Waals surface area contributed by atoms with Crippen LogP contribution in [-0.4, -0.2) is 18.1 Å². The van der Waals surface area contributed by atoms with Crippen LogP contribution in [0.1, 0.15) is 13.8 Å². The summed E-state index contributed by atoms with van der Waals surface area (Å²) < 4.78 is 0. The summed E-state index contributed by atoms with van der Waals surface area (Å²) in [5.41, 5.74) is 6.52. The number of aromatic nitrogens is 1. The number of hydrogen-bond acceptors (Lipinski definition) is 3. The average Bonchev–Trinajstić information content (AvgIpc) is 2.47. The van der Waals surface area contributed by atoms with Crippen molar-refractivity contribution in [1.82, 2.24) is 4.98 Å². The number of anilines is 2. The van der Waals surface area contributed by atoms with Gasteiger partial charge in [0.05, 0.1) is 0 Å². The van der Waals surface area contributed by atoms with Crippen LogP contribution in [-0.2, 0) is 0 Å². The minimum Gasteiger partial charge on any atom is -0.399 e. The summed E-state index contributed by atoms with van der Waals surface area (Å²) in [6.07, 6.45) is 1.78. The Balaban J connectivity index is 2.17. The van der Waals surface area contributed by atoms with Crippen LogP contribution in [0.25, 0.3) is 0 Å². The van der Waals surface area contributed by atoms with Gasteiger partial charge >= 0.3 is 0 Å². The van der Waals surface area contributed by atoms with Crippen LogP contribution in [0.15, 0.2) is 18.3 Å². The Morgan fingerprint density at radius 3 is 2.57 bits per heavy atom. The van der Waals surface area contributed by atoms with Crippen molar-refractivity contribution >= 4 is 11.5 Å². The molecule has 1 aromatic rings. The van der Waals surface area contributed by atoms with E-state index >= 15 is 0 Å². The maximum Gasteiger partial charge on any atom is 0.130 e. The lowest BCUT2D eigenvalue weighted by molar-refractivity contribution is 0.494. The summed E-state index contributed by atoms with van der Waals surface area (Å²) in [7, 11) is 0. The molecule has 2 unspecified atom stereocenters. The molecule has 3 nitrogen and oxygen atoms in total. The predicted octanol–water partition coefficient (Wildman–Crippen LogP) is 1.76. The van der Waals surface area contributed by atoms with Gasteiger partial charge in [-0.2, -0.15) is 0 Å². The first kappa shape index (κ1) is 9.31. The molecule has 0 radical (unpaired) electrons. The van der Waals surface area contributed by atoms with Gasteiger partial charge in [-0.15, -0.1) is 0 Å². The number of nitrogens with zero attached hydrogens (tertiary/aromatic N) is 2. The molecular formula is C11H17N3. The van der Waals surface area contributed by atoms with Crippen molar-refractivity contribution in [1.29, 1.82) is 0 Å². The largest absolute Gasteiger partial charge is 0.399 e. The SMILES string of the molecule is CC1CN(c2cc(N)ccn2)CC1C. The Kier molecular flexibility index (Phi) is 2.32. The van der Waals surface area contributed by atoms with Gasteiger partial charge in [-0.25, -0.2) is 4.98 Å². The molecule has 14 heavy (non-hydrogen) atoms.